The Hall–Kier alpha value is -2.06. The lowest BCUT2D eigenvalue weighted by Crippen LogP contribution is -2.09. The molecule has 1 aromatic carbocycles. The van der Waals surface area contributed by atoms with Crippen molar-refractivity contribution >= 4 is 11.8 Å². The van der Waals surface area contributed by atoms with E-state index in [1.807, 2.05) is 42.7 Å². The monoisotopic (exact) mass is 243 g/mol. The first kappa shape index (κ1) is 11.4. The highest BCUT2D eigenvalue weighted by atomic mass is 32.2. The molecule has 84 valence electrons. The van der Waals surface area contributed by atoms with E-state index in [2.05, 4.69) is 4.98 Å². The van der Waals surface area contributed by atoms with Gasteiger partial charge in [0.05, 0.1) is 0 Å². The highest BCUT2D eigenvalue weighted by Gasteiger charge is 2.11. The van der Waals surface area contributed by atoms with E-state index in [1.54, 1.807) is 0 Å². The molecule has 0 spiro atoms. The number of thioether (sulfide) groups is 1. The number of nitriles is 1. The Balaban J connectivity index is 2.64. The lowest BCUT2D eigenvalue weighted by Gasteiger charge is -2.03. The van der Waals surface area contributed by atoms with Crippen LogP contribution in [0.3, 0.4) is 0 Å². The quantitative estimate of drug-likeness (QED) is 0.822. The van der Waals surface area contributed by atoms with Crippen LogP contribution in [0.1, 0.15) is 5.56 Å². The third-order valence-electron chi connectivity index (χ3n) is 2.17. The van der Waals surface area contributed by atoms with Gasteiger partial charge in [0.25, 0.3) is 0 Å². The Bertz CT molecular complexity index is 628. The minimum absolute atomic E-state index is 0.147. The average molecular weight is 243 g/mol. The normalized spacial score (nSPS) is 9.88. The summed E-state index contributed by atoms with van der Waals surface area (Å²) >= 11 is 1.33. The smallest absolute Gasteiger partial charge is 0.234 e. The van der Waals surface area contributed by atoms with E-state index in [0.29, 0.717) is 10.9 Å². The molecule has 0 fully saturated rings. The third-order valence-corrected chi connectivity index (χ3v) is 2.85. The van der Waals surface area contributed by atoms with Crippen molar-refractivity contribution in [2.75, 3.05) is 6.26 Å². The maximum atomic E-state index is 8.91. The van der Waals surface area contributed by atoms with Crippen LogP contribution < -0.4 is 5.55 Å². The molecule has 0 saturated carbocycles. The van der Waals surface area contributed by atoms with E-state index in [-0.39, 0.29) is 11.1 Å². The van der Waals surface area contributed by atoms with Crippen molar-refractivity contribution < 1.29 is 4.42 Å². The number of aromatic nitrogens is 1. The van der Waals surface area contributed by atoms with E-state index in [4.69, 9.17) is 15.1 Å². The zero-order valence-electron chi connectivity index (χ0n) is 9.10. The van der Waals surface area contributed by atoms with E-state index in [1.165, 1.54) is 11.8 Å². The van der Waals surface area contributed by atoms with E-state index in [0.717, 1.165) is 5.56 Å². The van der Waals surface area contributed by atoms with Crippen LogP contribution in [-0.4, -0.2) is 11.2 Å². The van der Waals surface area contributed by atoms with Crippen LogP contribution in [0.4, 0.5) is 0 Å². The highest BCUT2D eigenvalue weighted by Crippen LogP contribution is 2.20. The Morgan fingerprint density at radius 1 is 1.35 bits per heavy atom. The summed E-state index contributed by atoms with van der Waals surface area (Å²) in [4.78, 5) is 4.25. The zero-order valence-corrected chi connectivity index (χ0v) is 9.91. The van der Waals surface area contributed by atoms with Gasteiger partial charge in [-0.05, 0) is 18.4 Å². The molecule has 0 amide bonds. The summed E-state index contributed by atoms with van der Waals surface area (Å²) in [6.45, 7) is 0. The topological polar surface area (TPSA) is 73.7 Å². The molecular weight excluding hydrogens is 234 g/mol. The number of nitrogens with zero attached hydrogens (tertiary/aromatic N) is 2. The Morgan fingerprint density at radius 3 is 2.65 bits per heavy atom. The Labute approximate surface area is 102 Å². The molecule has 0 aliphatic heterocycles. The first-order valence-electron chi connectivity index (χ1n) is 4.85. The molecule has 0 aliphatic carbocycles. The van der Waals surface area contributed by atoms with E-state index in [9.17, 15) is 0 Å². The molecule has 1 aromatic heterocycles. The molecule has 2 aromatic rings. The largest absolute Gasteiger partial charge is 0.419 e. The number of nitrogens with one attached hydrogen (secondary N) is 1. The molecule has 4 nitrogen and oxygen atoms in total. The number of benzene rings is 1. The lowest BCUT2D eigenvalue weighted by atomic mass is 10.2. The summed E-state index contributed by atoms with van der Waals surface area (Å²) in [7, 11) is 0. The molecule has 2 rings (SSSR count). The average Bonchev–Trinajstić information content (AvgIpc) is 2.38. The standard InChI is InChI=1S/C12H9N3OS/c1-17-12-9(7-13)10(14)16-11(15-12)8-5-3-2-4-6-8/h2-6,14H,1H3. The second-order valence-electron chi connectivity index (χ2n) is 3.21. The lowest BCUT2D eigenvalue weighted by molar-refractivity contribution is 0.472. The van der Waals surface area contributed by atoms with Crippen molar-refractivity contribution in [2.45, 2.75) is 5.03 Å². The summed E-state index contributed by atoms with van der Waals surface area (Å²) in [5.74, 6) is 0.360. The zero-order chi connectivity index (χ0) is 12.3. The van der Waals surface area contributed by atoms with Crippen LogP contribution in [0.5, 0.6) is 0 Å². The summed E-state index contributed by atoms with van der Waals surface area (Å²) in [5, 5.41) is 17.1. The van der Waals surface area contributed by atoms with Crippen molar-refractivity contribution in [1.82, 2.24) is 4.98 Å². The molecule has 17 heavy (non-hydrogen) atoms. The molecule has 1 N–H and O–H groups in total. The van der Waals surface area contributed by atoms with Gasteiger partial charge in [-0.25, -0.2) is 4.98 Å². The minimum atomic E-state index is -0.147. The maximum Gasteiger partial charge on any atom is 0.234 e. The fraction of sp³-hybridized carbons (Fsp3) is 0.0833. The molecule has 0 bridgehead atoms. The molecule has 0 unspecified atom stereocenters. The van der Waals surface area contributed by atoms with Crippen LogP contribution in [0.15, 0.2) is 39.8 Å². The fourth-order valence-corrected chi connectivity index (χ4v) is 1.88. The van der Waals surface area contributed by atoms with Gasteiger partial charge in [-0.1, -0.05) is 18.2 Å². The second kappa shape index (κ2) is 4.85. The van der Waals surface area contributed by atoms with Gasteiger partial charge in [0, 0.05) is 5.56 Å². The second-order valence-corrected chi connectivity index (χ2v) is 4.01. The fourth-order valence-electron chi connectivity index (χ4n) is 1.37. The van der Waals surface area contributed by atoms with Crippen LogP contribution in [-0.2, 0) is 0 Å². The molecule has 5 heteroatoms. The van der Waals surface area contributed by atoms with E-state index >= 15 is 0 Å². The van der Waals surface area contributed by atoms with Crippen molar-refractivity contribution in [3.05, 3.63) is 41.4 Å². The predicted molar refractivity (Wildman–Crippen MR) is 64.3 cm³/mol. The molecule has 0 aliphatic rings. The maximum absolute atomic E-state index is 8.91. The van der Waals surface area contributed by atoms with Crippen molar-refractivity contribution in [3.8, 4) is 17.5 Å². The number of rotatable bonds is 2. The van der Waals surface area contributed by atoms with Crippen molar-refractivity contribution in [3.63, 3.8) is 0 Å². The van der Waals surface area contributed by atoms with Gasteiger partial charge in [0.15, 0.2) is 0 Å². The van der Waals surface area contributed by atoms with E-state index < -0.39 is 0 Å². The summed E-state index contributed by atoms with van der Waals surface area (Å²) in [6, 6.07) is 11.3. The predicted octanol–water partition coefficient (Wildman–Crippen LogP) is 2.41. The van der Waals surface area contributed by atoms with Gasteiger partial charge in [0.2, 0.25) is 11.4 Å². The van der Waals surface area contributed by atoms with Gasteiger partial charge in [-0.15, -0.1) is 11.8 Å². The van der Waals surface area contributed by atoms with Crippen molar-refractivity contribution in [1.29, 1.82) is 10.7 Å². The molecular formula is C12H9N3OS. The van der Waals surface area contributed by atoms with Gasteiger partial charge in [-0.2, -0.15) is 5.26 Å². The van der Waals surface area contributed by atoms with Crippen molar-refractivity contribution in [2.24, 2.45) is 0 Å². The number of hydrogen-bond acceptors (Lipinski definition) is 5. The molecule has 1 heterocycles. The van der Waals surface area contributed by atoms with Gasteiger partial charge >= 0.3 is 0 Å². The highest BCUT2D eigenvalue weighted by molar-refractivity contribution is 7.98. The molecule has 0 saturated heterocycles. The van der Waals surface area contributed by atoms with Gasteiger partial charge in [-0.3, -0.25) is 5.41 Å². The van der Waals surface area contributed by atoms with Gasteiger partial charge < -0.3 is 4.42 Å². The van der Waals surface area contributed by atoms with Crippen LogP contribution in [0.25, 0.3) is 11.5 Å². The SMILES string of the molecule is CSc1nc(-c2ccccc2)oc(=N)c1C#N. The van der Waals surface area contributed by atoms with Crippen LogP contribution in [0.2, 0.25) is 0 Å². The molecule has 0 radical (unpaired) electrons. The number of hydrogen-bond donors (Lipinski definition) is 1. The summed E-state index contributed by atoms with van der Waals surface area (Å²) < 4.78 is 5.25. The molecule has 0 atom stereocenters. The minimum Gasteiger partial charge on any atom is -0.419 e. The van der Waals surface area contributed by atoms with Crippen LogP contribution >= 0.6 is 11.8 Å². The Morgan fingerprint density at radius 2 is 2.06 bits per heavy atom. The van der Waals surface area contributed by atoms with Gasteiger partial charge in [0.1, 0.15) is 16.7 Å². The summed E-state index contributed by atoms with van der Waals surface area (Å²) in [6.07, 6.45) is 1.82. The summed E-state index contributed by atoms with van der Waals surface area (Å²) in [5.41, 5.74) is 0.823. The van der Waals surface area contributed by atoms with Crippen LogP contribution in [0, 0.1) is 16.7 Å². The first-order chi connectivity index (χ1) is 8.26. The Kier molecular flexibility index (Phi) is 3.26. The third kappa shape index (κ3) is 2.22. The first-order valence-corrected chi connectivity index (χ1v) is 6.08.